The van der Waals surface area contributed by atoms with E-state index < -0.39 is 0 Å². The molecule has 1 saturated heterocycles. The molecule has 2 N–H and O–H groups in total. The molecular weight excluding hydrogens is 236 g/mol. The summed E-state index contributed by atoms with van der Waals surface area (Å²) in [6, 6.07) is 0.578. The van der Waals surface area contributed by atoms with Gasteiger partial charge in [0.25, 0.3) is 0 Å². The van der Waals surface area contributed by atoms with E-state index in [0.717, 1.165) is 31.3 Å². The van der Waals surface area contributed by atoms with E-state index >= 15 is 0 Å². The molecule has 3 unspecified atom stereocenters. The maximum Gasteiger partial charge on any atom is 0.220 e. The van der Waals surface area contributed by atoms with Crippen molar-refractivity contribution in [2.45, 2.75) is 70.8 Å². The molecule has 0 radical (unpaired) electrons. The molecule has 1 aliphatic carbocycles. The Labute approximate surface area is 117 Å². The number of hydrogen-bond donors (Lipinski definition) is 2. The Kier molecular flexibility index (Phi) is 6.15. The predicted molar refractivity (Wildman–Crippen MR) is 79.0 cm³/mol. The number of rotatable bonds is 5. The molecule has 0 aromatic heterocycles. The number of amides is 1. The normalized spacial score (nSPS) is 31.9. The lowest BCUT2D eigenvalue weighted by molar-refractivity contribution is -0.121. The quantitative estimate of drug-likeness (QED) is 0.803. The highest BCUT2D eigenvalue weighted by atomic mass is 16.1. The predicted octanol–water partition coefficient (Wildman–Crippen LogP) is 2.85. The van der Waals surface area contributed by atoms with Crippen molar-refractivity contribution in [3.63, 3.8) is 0 Å². The van der Waals surface area contributed by atoms with Gasteiger partial charge in [0.15, 0.2) is 0 Å². The highest BCUT2D eigenvalue weighted by Crippen LogP contribution is 2.27. The molecule has 3 nitrogen and oxygen atoms in total. The van der Waals surface area contributed by atoms with E-state index in [1.807, 2.05) is 0 Å². The number of nitrogens with one attached hydrogen (secondary N) is 2. The number of carbonyl (C=O) groups excluding carboxylic acids is 1. The van der Waals surface area contributed by atoms with Crippen LogP contribution in [0, 0.1) is 11.8 Å². The second-order valence-electron chi connectivity index (χ2n) is 6.63. The van der Waals surface area contributed by atoms with Gasteiger partial charge in [-0.3, -0.25) is 4.79 Å². The van der Waals surface area contributed by atoms with E-state index in [1.165, 1.54) is 44.9 Å². The van der Waals surface area contributed by atoms with E-state index in [-0.39, 0.29) is 5.91 Å². The second kappa shape index (κ2) is 7.88. The van der Waals surface area contributed by atoms with Gasteiger partial charge in [0.1, 0.15) is 0 Å². The van der Waals surface area contributed by atoms with Crippen molar-refractivity contribution in [2.24, 2.45) is 11.8 Å². The first kappa shape index (κ1) is 14.8. The minimum atomic E-state index is 0.255. The van der Waals surface area contributed by atoms with Crippen LogP contribution in [0.25, 0.3) is 0 Å². The van der Waals surface area contributed by atoms with Crippen LogP contribution in [0.4, 0.5) is 0 Å². The molecule has 0 aromatic rings. The van der Waals surface area contributed by atoms with E-state index in [0.29, 0.717) is 12.5 Å². The van der Waals surface area contributed by atoms with E-state index in [9.17, 15) is 4.79 Å². The van der Waals surface area contributed by atoms with Gasteiger partial charge in [-0.2, -0.15) is 0 Å². The van der Waals surface area contributed by atoms with Crippen molar-refractivity contribution in [3.05, 3.63) is 0 Å². The van der Waals surface area contributed by atoms with Gasteiger partial charge in [0, 0.05) is 19.0 Å². The maximum atomic E-state index is 11.9. The third-order valence-corrected chi connectivity index (χ3v) is 4.77. The molecule has 2 aliphatic rings. The second-order valence-corrected chi connectivity index (χ2v) is 6.63. The maximum absolute atomic E-state index is 11.9. The summed E-state index contributed by atoms with van der Waals surface area (Å²) < 4.78 is 0. The Morgan fingerprint density at radius 2 is 2.11 bits per heavy atom. The van der Waals surface area contributed by atoms with Crippen LogP contribution in [0.5, 0.6) is 0 Å². The molecular formula is C16H30N2O. The van der Waals surface area contributed by atoms with Gasteiger partial charge in [-0.05, 0) is 50.5 Å². The molecule has 2 rings (SSSR count). The summed E-state index contributed by atoms with van der Waals surface area (Å²) in [6.45, 7) is 4.37. The fraction of sp³-hybridized carbons (Fsp3) is 0.938. The summed E-state index contributed by atoms with van der Waals surface area (Å²) in [6.07, 6.45) is 10.9. The van der Waals surface area contributed by atoms with Crippen LogP contribution in [0.1, 0.15) is 64.7 Å². The highest BCUT2D eigenvalue weighted by Gasteiger charge is 2.19. The van der Waals surface area contributed by atoms with Crippen molar-refractivity contribution >= 4 is 5.91 Å². The molecule has 1 aliphatic heterocycles. The van der Waals surface area contributed by atoms with E-state index in [1.54, 1.807) is 0 Å². The van der Waals surface area contributed by atoms with Gasteiger partial charge in [0.05, 0.1) is 0 Å². The Bertz CT molecular complexity index is 274. The fourth-order valence-electron chi connectivity index (χ4n) is 3.57. The highest BCUT2D eigenvalue weighted by molar-refractivity contribution is 5.75. The molecule has 1 amide bonds. The summed E-state index contributed by atoms with van der Waals surface area (Å²) in [5, 5.41) is 6.65. The summed E-state index contributed by atoms with van der Waals surface area (Å²) >= 11 is 0. The van der Waals surface area contributed by atoms with Crippen molar-refractivity contribution < 1.29 is 4.79 Å². The van der Waals surface area contributed by atoms with Crippen LogP contribution in [-0.4, -0.2) is 25.0 Å². The third kappa shape index (κ3) is 5.52. The summed E-state index contributed by atoms with van der Waals surface area (Å²) in [5.74, 6) is 1.83. The van der Waals surface area contributed by atoms with Gasteiger partial charge in [-0.15, -0.1) is 0 Å². The Morgan fingerprint density at radius 3 is 2.84 bits per heavy atom. The lowest BCUT2D eigenvalue weighted by atomic mass is 9.82. The van der Waals surface area contributed by atoms with Crippen LogP contribution in [0.15, 0.2) is 0 Å². The van der Waals surface area contributed by atoms with Crippen molar-refractivity contribution in [3.8, 4) is 0 Å². The molecule has 1 heterocycles. The molecule has 0 spiro atoms. The first-order valence-corrected chi connectivity index (χ1v) is 8.24. The third-order valence-electron chi connectivity index (χ3n) is 4.77. The van der Waals surface area contributed by atoms with Gasteiger partial charge < -0.3 is 10.6 Å². The number of piperidine rings is 1. The first-order valence-electron chi connectivity index (χ1n) is 8.24. The van der Waals surface area contributed by atoms with Crippen LogP contribution in [-0.2, 0) is 4.79 Å². The zero-order chi connectivity index (χ0) is 13.5. The van der Waals surface area contributed by atoms with Gasteiger partial charge in [-0.1, -0.05) is 26.2 Å². The zero-order valence-electron chi connectivity index (χ0n) is 12.4. The Hall–Kier alpha value is -0.570. The Morgan fingerprint density at radius 1 is 1.21 bits per heavy atom. The molecule has 3 heteroatoms. The smallest absolute Gasteiger partial charge is 0.220 e. The number of hydrogen-bond acceptors (Lipinski definition) is 2. The summed E-state index contributed by atoms with van der Waals surface area (Å²) in [7, 11) is 0. The van der Waals surface area contributed by atoms with E-state index in [2.05, 4.69) is 17.6 Å². The lowest BCUT2D eigenvalue weighted by Crippen LogP contribution is -2.36. The molecule has 1 saturated carbocycles. The van der Waals surface area contributed by atoms with Crippen LogP contribution in [0.3, 0.4) is 0 Å². The van der Waals surface area contributed by atoms with Crippen LogP contribution in [0.2, 0.25) is 0 Å². The zero-order valence-corrected chi connectivity index (χ0v) is 12.4. The minimum absolute atomic E-state index is 0.255. The topological polar surface area (TPSA) is 41.1 Å². The van der Waals surface area contributed by atoms with Gasteiger partial charge in [0.2, 0.25) is 5.91 Å². The van der Waals surface area contributed by atoms with Crippen LogP contribution >= 0.6 is 0 Å². The SMILES string of the molecule is CC1CCCC(CNC(=O)CCC2CCCCN2)C1. The van der Waals surface area contributed by atoms with Gasteiger partial charge >= 0.3 is 0 Å². The summed E-state index contributed by atoms with van der Waals surface area (Å²) in [5.41, 5.74) is 0. The summed E-state index contributed by atoms with van der Waals surface area (Å²) in [4.78, 5) is 11.9. The molecule has 110 valence electrons. The monoisotopic (exact) mass is 266 g/mol. The van der Waals surface area contributed by atoms with Crippen molar-refractivity contribution in [1.82, 2.24) is 10.6 Å². The molecule has 3 atom stereocenters. The first-order chi connectivity index (χ1) is 9.24. The minimum Gasteiger partial charge on any atom is -0.356 e. The van der Waals surface area contributed by atoms with E-state index in [4.69, 9.17) is 0 Å². The molecule has 19 heavy (non-hydrogen) atoms. The Balaban J connectivity index is 1.56. The molecule has 2 fully saturated rings. The van der Waals surface area contributed by atoms with Gasteiger partial charge in [-0.25, -0.2) is 0 Å². The van der Waals surface area contributed by atoms with Crippen molar-refractivity contribution in [2.75, 3.05) is 13.1 Å². The lowest BCUT2D eigenvalue weighted by Gasteiger charge is -2.27. The standard InChI is InChI=1S/C16H30N2O/c1-13-5-4-6-14(11-13)12-18-16(19)9-8-15-7-2-3-10-17-15/h13-15,17H,2-12H2,1H3,(H,18,19). The average Bonchev–Trinajstić information content (AvgIpc) is 2.44. The van der Waals surface area contributed by atoms with Crippen LogP contribution < -0.4 is 10.6 Å². The average molecular weight is 266 g/mol. The molecule has 0 bridgehead atoms. The largest absolute Gasteiger partial charge is 0.356 e. The molecule has 0 aromatic carbocycles. The number of carbonyl (C=O) groups is 1. The fourth-order valence-corrected chi connectivity index (χ4v) is 3.57. The van der Waals surface area contributed by atoms with Crippen molar-refractivity contribution in [1.29, 1.82) is 0 Å².